The molecule has 0 unspecified atom stereocenters. The number of aromatic nitrogens is 2. The van der Waals surface area contributed by atoms with Crippen LogP contribution in [-0.4, -0.2) is 28.5 Å². The van der Waals surface area contributed by atoms with Crippen LogP contribution >= 0.6 is 0 Å². The first-order chi connectivity index (χ1) is 12.0. The Balaban J connectivity index is 1.89. The minimum Gasteiger partial charge on any atom is -0.478 e. The van der Waals surface area contributed by atoms with Gasteiger partial charge in [-0.15, -0.1) is 0 Å². The molecule has 0 spiro atoms. The van der Waals surface area contributed by atoms with Crippen molar-refractivity contribution < 1.29 is 18.3 Å². The van der Waals surface area contributed by atoms with Gasteiger partial charge in [0.25, 0.3) is 10.0 Å². The Morgan fingerprint density at radius 2 is 1.64 bits per heavy atom. The molecule has 0 fully saturated rings. The van der Waals surface area contributed by atoms with Crippen molar-refractivity contribution in [2.24, 2.45) is 0 Å². The summed E-state index contributed by atoms with van der Waals surface area (Å²) in [5.41, 5.74) is 2.32. The second kappa shape index (κ2) is 6.74. The zero-order valence-corrected chi connectivity index (χ0v) is 13.8. The van der Waals surface area contributed by atoms with Crippen LogP contribution in [0.1, 0.15) is 5.56 Å². The average molecular weight is 354 g/mol. The summed E-state index contributed by atoms with van der Waals surface area (Å²) in [6.45, 7) is 0. The Morgan fingerprint density at radius 3 is 2.28 bits per heavy atom. The normalized spacial score (nSPS) is 11.7. The Labute approximate surface area is 144 Å². The van der Waals surface area contributed by atoms with E-state index in [2.05, 4.69) is 4.98 Å². The summed E-state index contributed by atoms with van der Waals surface area (Å²) in [6, 6.07) is 11.8. The molecule has 6 nitrogen and oxygen atoms in total. The fourth-order valence-corrected chi connectivity index (χ4v) is 3.50. The fourth-order valence-electron chi connectivity index (χ4n) is 2.29. The molecular weight excluding hydrogens is 340 g/mol. The Kier molecular flexibility index (Phi) is 4.49. The number of rotatable bonds is 5. The van der Waals surface area contributed by atoms with Gasteiger partial charge in [0.05, 0.1) is 4.90 Å². The number of carboxylic acid groups (broad SMARTS) is 1. The van der Waals surface area contributed by atoms with Gasteiger partial charge in [0.1, 0.15) is 0 Å². The SMILES string of the molecule is O=C(O)/C=C/c1ccn(S(=O)(=O)c2ccc(-c3ccncc3)cc2)c1. The maximum Gasteiger partial charge on any atom is 0.328 e. The van der Waals surface area contributed by atoms with Crippen molar-refractivity contribution in [2.75, 3.05) is 0 Å². The number of carboxylic acids is 1. The van der Waals surface area contributed by atoms with E-state index >= 15 is 0 Å². The molecule has 0 saturated heterocycles. The van der Waals surface area contributed by atoms with Gasteiger partial charge in [-0.1, -0.05) is 12.1 Å². The van der Waals surface area contributed by atoms with Crippen molar-refractivity contribution in [3.05, 3.63) is 78.9 Å². The highest BCUT2D eigenvalue weighted by Gasteiger charge is 2.16. The molecular formula is C18H14N2O4S. The highest BCUT2D eigenvalue weighted by molar-refractivity contribution is 7.90. The summed E-state index contributed by atoms with van der Waals surface area (Å²) in [7, 11) is -3.73. The molecule has 1 aromatic carbocycles. The summed E-state index contributed by atoms with van der Waals surface area (Å²) in [5.74, 6) is -1.10. The Bertz CT molecular complexity index is 1020. The second-order valence-corrected chi connectivity index (χ2v) is 7.05. The van der Waals surface area contributed by atoms with Crippen LogP contribution in [-0.2, 0) is 14.8 Å². The van der Waals surface area contributed by atoms with Crippen LogP contribution in [0.5, 0.6) is 0 Å². The van der Waals surface area contributed by atoms with E-state index in [1.807, 2.05) is 12.1 Å². The van der Waals surface area contributed by atoms with Gasteiger partial charge < -0.3 is 5.11 Å². The van der Waals surface area contributed by atoms with E-state index < -0.39 is 16.0 Å². The van der Waals surface area contributed by atoms with Crippen LogP contribution in [0.4, 0.5) is 0 Å². The minimum absolute atomic E-state index is 0.148. The van der Waals surface area contributed by atoms with Gasteiger partial charge in [-0.2, -0.15) is 0 Å². The largest absolute Gasteiger partial charge is 0.478 e. The van der Waals surface area contributed by atoms with Crippen molar-refractivity contribution in [1.82, 2.24) is 8.96 Å². The van der Waals surface area contributed by atoms with Crippen molar-refractivity contribution in [3.8, 4) is 11.1 Å². The number of pyridine rings is 1. The van der Waals surface area contributed by atoms with E-state index in [1.54, 1.807) is 24.5 Å². The monoisotopic (exact) mass is 354 g/mol. The number of aliphatic carboxylic acids is 1. The third-order valence-electron chi connectivity index (χ3n) is 3.55. The highest BCUT2D eigenvalue weighted by Crippen LogP contribution is 2.22. The van der Waals surface area contributed by atoms with Gasteiger partial charge in [0, 0.05) is 30.9 Å². The number of hydrogen-bond acceptors (Lipinski definition) is 4. The lowest BCUT2D eigenvalue weighted by molar-refractivity contribution is -0.131. The summed E-state index contributed by atoms with van der Waals surface area (Å²) in [5, 5.41) is 8.62. The molecule has 0 aliphatic rings. The van der Waals surface area contributed by atoms with Crippen LogP contribution in [0.15, 0.2) is 78.2 Å². The number of benzene rings is 1. The molecule has 2 aromatic heterocycles. The summed E-state index contributed by atoms with van der Waals surface area (Å²) < 4.78 is 26.4. The first kappa shape index (κ1) is 16.7. The summed E-state index contributed by atoms with van der Waals surface area (Å²) in [4.78, 5) is 14.6. The molecule has 0 aliphatic carbocycles. The van der Waals surface area contributed by atoms with Crippen molar-refractivity contribution in [2.45, 2.75) is 4.90 Å². The third kappa shape index (κ3) is 3.67. The van der Waals surface area contributed by atoms with Gasteiger partial charge in [-0.25, -0.2) is 17.2 Å². The van der Waals surface area contributed by atoms with Crippen LogP contribution in [0.25, 0.3) is 17.2 Å². The smallest absolute Gasteiger partial charge is 0.328 e. The topological polar surface area (TPSA) is 89.3 Å². The molecule has 25 heavy (non-hydrogen) atoms. The van der Waals surface area contributed by atoms with E-state index in [-0.39, 0.29) is 4.90 Å². The first-order valence-corrected chi connectivity index (χ1v) is 8.76. The molecule has 0 radical (unpaired) electrons. The van der Waals surface area contributed by atoms with Gasteiger partial charge >= 0.3 is 5.97 Å². The Morgan fingerprint density at radius 1 is 1.00 bits per heavy atom. The highest BCUT2D eigenvalue weighted by atomic mass is 32.2. The fraction of sp³-hybridized carbons (Fsp3) is 0. The predicted molar refractivity (Wildman–Crippen MR) is 93.4 cm³/mol. The molecule has 2 heterocycles. The molecule has 126 valence electrons. The standard InChI is InChI=1S/C18H14N2O4S/c21-18(22)6-1-14-9-12-20(13-14)25(23,24)17-4-2-15(3-5-17)16-7-10-19-11-8-16/h1-13H,(H,21,22)/b6-1+. The van der Waals surface area contributed by atoms with E-state index in [0.717, 1.165) is 21.2 Å². The summed E-state index contributed by atoms with van der Waals surface area (Å²) >= 11 is 0. The molecule has 0 atom stereocenters. The minimum atomic E-state index is -3.73. The van der Waals surface area contributed by atoms with E-state index in [0.29, 0.717) is 5.56 Å². The molecule has 0 aliphatic heterocycles. The molecule has 0 saturated carbocycles. The first-order valence-electron chi connectivity index (χ1n) is 7.32. The van der Waals surface area contributed by atoms with Crippen molar-refractivity contribution in [3.63, 3.8) is 0 Å². The molecule has 3 aromatic rings. The van der Waals surface area contributed by atoms with E-state index in [4.69, 9.17) is 5.11 Å². The van der Waals surface area contributed by atoms with E-state index in [1.165, 1.54) is 36.7 Å². The lowest BCUT2D eigenvalue weighted by atomic mass is 10.1. The van der Waals surface area contributed by atoms with Crippen LogP contribution in [0.2, 0.25) is 0 Å². The maximum absolute atomic E-state index is 12.6. The molecule has 7 heteroatoms. The zero-order chi connectivity index (χ0) is 17.9. The van der Waals surface area contributed by atoms with Crippen molar-refractivity contribution >= 4 is 22.1 Å². The average Bonchev–Trinajstić information content (AvgIpc) is 3.11. The number of carbonyl (C=O) groups is 1. The molecule has 1 N–H and O–H groups in total. The number of hydrogen-bond donors (Lipinski definition) is 1. The molecule has 3 rings (SSSR count). The lowest BCUT2D eigenvalue weighted by Gasteiger charge is -2.07. The predicted octanol–water partition coefficient (Wildman–Crippen LogP) is 2.88. The zero-order valence-electron chi connectivity index (χ0n) is 13.0. The van der Waals surface area contributed by atoms with E-state index in [9.17, 15) is 13.2 Å². The van der Waals surface area contributed by atoms with Crippen LogP contribution in [0, 0.1) is 0 Å². The quantitative estimate of drug-likeness (QED) is 0.712. The number of nitrogens with zero attached hydrogens (tertiary/aromatic N) is 2. The van der Waals surface area contributed by atoms with Gasteiger partial charge in [-0.05, 0) is 53.1 Å². The second-order valence-electron chi connectivity index (χ2n) is 5.21. The van der Waals surface area contributed by atoms with Gasteiger partial charge in [0.15, 0.2) is 0 Å². The maximum atomic E-state index is 12.6. The van der Waals surface area contributed by atoms with Crippen LogP contribution in [0.3, 0.4) is 0 Å². The van der Waals surface area contributed by atoms with Gasteiger partial charge in [0.2, 0.25) is 0 Å². The summed E-state index contributed by atoms with van der Waals surface area (Å²) in [6.07, 6.45) is 8.38. The molecule has 0 bridgehead atoms. The van der Waals surface area contributed by atoms with Crippen molar-refractivity contribution in [1.29, 1.82) is 0 Å². The van der Waals surface area contributed by atoms with Gasteiger partial charge in [-0.3, -0.25) is 4.98 Å². The lowest BCUT2D eigenvalue weighted by Crippen LogP contribution is -2.10. The Hall–Kier alpha value is -3.19. The van der Waals surface area contributed by atoms with Crippen LogP contribution < -0.4 is 0 Å². The third-order valence-corrected chi connectivity index (χ3v) is 5.20. The molecule has 0 amide bonds.